The molecule has 0 aromatic carbocycles. The average Bonchev–Trinajstić information content (AvgIpc) is 2.88. The van der Waals surface area contributed by atoms with Gasteiger partial charge in [-0.25, -0.2) is 0 Å². The lowest BCUT2D eigenvalue weighted by molar-refractivity contribution is -0.402. The van der Waals surface area contributed by atoms with Crippen LogP contribution < -0.4 is 0 Å². The summed E-state index contributed by atoms with van der Waals surface area (Å²) < 4.78 is 4.86. The fraction of sp³-hybridized carbons (Fsp3) is 0.111. The van der Waals surface area contributed by atoms with Crippen molar-refractivity contribution in [3.05, 3.63) is 52.0 Å². The number of aromatic amines is 1. The SMILES string of the molecule is O=[N+]([O-])c1ccc(C(O)c2ccc[nH]2)o1. The predicted octanol–water partition coefficient (Wildman–Crippen LogP) is 1.60. The number of furan rings is 1. The van der Waals surface area contributed by atoms with E-state index in [1.165, 1.54) is 12.1 Å². The van der Waals surface area contributed by atoms with Crippen LogP contribution in [0.15, 0.2) is 34.9 Å². The second kappa shape index (κ2) is 3.58. The first-order chi connectivity index (χ1) is 7.18. The largest absolute Gasteiger partial charge is 0.433 e. The molecule has 6 nitrogen and oxygen atoms in total. The molecule has 2 rings (SSSR count). The molecule has 2 heterocycles. The highest BCUT2D eigenvalue weighted by Crippen LogP contribution is 2.25. The maximum atomic E-state index is 10.3. The van der Waals surface area contributed by atoms with Gasteiger partial charge in [-0.15, -0.1) is 0 Å². The van der Waals surface area contributed by atoms with Gasteiger partial charge < -0.3 is 14.5 Å². The summed E-state index contributed by atoms with van der Waals surface area (Å²) in [5, 5.41) is 20.1. The van der Waals surface area contributed by atoms with Crippen molar-refractivity contribution in [2.24, 2.45) is 0 Å². The minimum atomic E-state index is -1.01. The molecule has 2 N–H and O–H groups in total. The third kappa shape index (κ3) is 1.75. The Morgan fingerprint density at radius 3 is 2.80 bits per heavy atom. The highest BCUT2D eigenvalue weighted by Gasteiger charge is 2.19. The number of nitro groups is 1. The molecule has 6 heteroatoms. The monoisotopic (exact) mass is 208 g/mol. The molecule has 1 atom stereocenters. The summed E-state index contributed by atoms with van der Waals surface area (Å²) >= 11 is 0. The lowest BCUT2D eigenvalue weighted by atomic mass is 10.2. The molecule has 0 bridgehead atoms. The van der Waals surface area contributed by atoms with E-state index in [1.54, 1.807) is 18.3 Å². The lowest BCUT2D eigenvalue weighted by Crippen LogP contribution is -1.97. The first kappa shape index (κ1) is 9.47. The van der Waals surface area contributed by atoms with Crippen molar-refractivity contribution in [1.82, 2.24) is 4.98 Å². The van der Waals surface area contributed by atoms with Crippen molar-refractivity contribution in [3.8, 4) is 0 Å². The highest BCUT2D eigenvalue weighted by atomic mass is 16.6. The first-order valence-corrected chi connectivity index (χ1v) is 4.24. The van der Waals surface area contributed by atoms with Crippen LogP contribution in [0.5, 0.6) is 0 Å². The van der Waals surface area contributed by atoms with Crippen molar-refractivity contribution in [3.63, 3.8) is 0 Å². The van der Waals surface area contributed by atoms with Gasteiger partial charge >= 0.3 is 5.88 Å². The molecule has 0 fully saturated rings. The Hall–Kier alpha value is -2.08. The van der Waals surface area contributed by atoms with Crippen LogP contribution in [0.2, 0.25) is 0 Å². The smallest absolute Gasteiger partial charge is 0.403 e. The lowest BCUT2D eigenvalue weighted by Gasteiger charge is -2.03. The highest BCUT2D eigenvalue weighted by molar-refractivity contribution is 5.24. The molecule has 2 aromatic heterocycles. The van der Waals surface area contributed by atoms with Gasteiger partial charge in [0.05, 0.1) is 11.8 Å². The fourth-order valence-electron chi connectivity index (χ4n) is 1.25. The maximum Gasteiger partial charge on any atom is 0.433 e. The first-order valence-electron chi connectivity index (χ1n) is 4.24. The third-order valence-electron chi connectivity index (χ3n) is 1.98. The molecule has 0 amide bonds. The summed E-state index contributed by atoms with van der Waals surface area (Å²) in [6.07, 6.45) is 0.643. The van der Waals surface area contributed by atoms with E-state index in [0.29, 0.717) is 5.69 Å². The fourth-order valence-corrected chi connectivity index (χ4v) is 1.25. The van der Waals surface area contributed by atoms with Crippen molar-refractivity contribution in [1.29, 1.82) is 0 Å². The van der Waals surface area contributed by atoms with Gasteiger partial charge in [-0.2, -0.15) is 0 Å². The zero-order valence-corrected chi connectivity index (χ0v) is 7.58. The van der Waals surface area contributed by atoms with Crippen molar-refractivity contribution in [2.75, 3.05) is 0 Å². The van der Waals surface area contributed by atoms with Crippen LogP contribution in [0.1, 0.15) is 17.6 Å². The van der Waals surface area contributed by atoms with E-state index >= 15 is 0 Å². The van der Waals surface area contributed by atoms with Crippen molar-refractivity contribution >= 4 is 5.88 Å². The molecule has 15 heavy (non-hydrogen) atoms. The summed E-state index contributed by atoms with van der Waals surface area (Å²) in [5.74, 6) is -0.236. The summed E-state index contributed by atoms with van der Waals surface area (Å²) in [6.45, 7) is 0. The van der Waals surface area contributed by atoms with Gasteiger partial charge in [0.25, 0.3) is 0 Å². The van der Waals surface area contributed by atoms with E-state index in [0.717, 1.165) is 0 Å². The Balaban J connectivity index is 2.26. The molecule has 0 spiro atoms. The number of hydrogen-bond donors (Lipinski definition) is 2. The topological polar surface area (TPSA) is 92.3 Å². The number of nitrogens with zero attached hydrogens (tertiary/aromatic N) is 1. The van der Waals surface area contributed by atoms with Crippen molar-refractivity contribution in [2.45, 2.75) is 6.10 Å². The van der Waals surface area contributed by atoms with Crippen molar-refractivity contribution < 1.29 is 14.4 Å². The Kier molecular flexibility index (Phi) is 2.26. The van der Waals surface area contributed by atoms with Crippen LogP contribution in [0, 0.1) is 10.1 Å². The second-order valence-corrected chi connectivity index (χ2v) is 2.96. The maximum absolute atomic E-state index is 10.3. The van der Waals surface area contributed by atoms with E-state index in [9.17, 15) is 15.2 Å². The summed E-state index contributed by atoms with van der Waals surface area (Å²) in [4.78, 5) is 12.5. The molecule has 0 radical (unpaired) electrons. The number of hydrogen-bond acceptors (Lipinski definition) is 4. The van der Waals surface area contributed by atoms with E-state index in [4.69, 9.17) is 4.42 Å². The quantitative estimate of drug-likeness (QED) is 0.591. The number of rotatable bonds is 3. The van der Waals surface area contributed by atoms with Crippen LogP contribution in [0.3, 0.4) is 0 Å². The molecule has 0 aliphatic carbocycles. The minimum Gasteiger partial charge on any atom is -0.403 e. The van der Waals surface area contributed by atoms with E-state index in [2.05, 4.69) is 4.98 Å². The molecular formula is C9H8N2O4. The van der Waals surface area contributed by atoms with Crippen LogP contribution in [0.4, 0.5) is 5.88 Å². The summed E-state index contributed by atoms with van der Waals surface area (Å²) in [7, 11) is 0. The van der Waals surface area contributed by atoms with E-state index in [-0.39, 0.29) is 11.6 Å². The second-order valence-electron chi connectivity index (χ2n) is 2.96. The van der Waals surface area contributed by atoms with Crippen LogP contribution in [-0.4, -0.2) is 15.0 Å². The molecular weight excluding hydrogens is 200 g/mol. The van der Waals surface area contributed by atoms with Gasteiger partial charge in [-0.05, 0) is 18.2 Å². The van der Waals surface area contributed by atoms with Gasteiger partial charge in [-0.3, -0.25) is 10.1 Å². The summed E-state index contributed by atoms with van der Waals surface area (Å²) in [5.41, 5.74) is 0.527. The Morgan fingerprint density at radius 2 is 2.27 bits per heavy atom. The molecule has 1 unspecified atom stereocenters. The Bertz CT molecular complexity index is 460. The van der Waals surface area contributed by atoms with Gasteiger partial charge in [0, 0.05) is 6.20 Å². The molecule has 0 saturated heterocycles. The standard InChI is InChI=1S/C9H8N2O4/c12-9(6-2-1-5-10-6)7-3-4-8(15-7)11(13)14/h1-5,9-10,12H. The van der Waals surface area contributed by atoms with Gasteiger partial charge in [0.2, 0.25) is 0 Å². The Labute approximate surface area is 84.3 Å². The Morgan fingerprint density at radius 1 is 1.47 bits per heavy atom. The molecule has 2 aromatic rings. The van der Waals surface area contributed by atoms with Crippen LogP contribution >= 0.6 is 0 Å². The number of aliphatic hydroxyl groups is 1. The number of H-pyrrole nitrogens is 1. The number of nitrogens with one attached hydrogen (secondary N) is 1. The van der Waals surface area contributed by atoms with E-state index in [1.807, 2.05) is 0 Å². The normalized spacial score (nSPS) is 12.6. The van der Waals surface area contributed by atoms with Crippen LogP contribution in [-0.2, 0) is 0 Å². The number of aromatic nitrogens is 1. The number of aliphatic hydroxyl groups excluding tert-OH is 1. The van der Waals surface area contributed by atoms with Crippen LogP contribution in [0.25, 0.3) is 0 Å². The molecule has 0 saturated carbocycles. The van der Waals surface area contributed by atoms with Gasteiger partial charge in [0.1, 0.15) is 10.7 Å². The zero-order valence-electron chi connectivity index (χ0n) is 7.58. The van der Waals surface area contributed by atoms with Gasteiger partial charge in [0.15, 0.2) is 6.10 Å². The minimum absolute atomic E-state index is 0.143. The van der Waals surface area contributed by atoms with E-state index < -0.39 is 11.0 Å². The summed E-state index contributed by atoms with van der Waals surface area (Å²) in [6, 6.07) is 5.97. The van der Waals surface area contributed by atoms with Gasteiger partial charge in [-0.1, -0.05) is 0 Å². The molecule has 0 aliphatic rings. The third-order valence-corrected chi connectivity index (χ3v) is 1.98. The molecule has 0 aliphatic heterocycles. The predicted molar refractivity (Wildman–Crippen MR) is 50.2 cm³/mol. The molecule has 78 valence electrons. The average molecular weight is 208 g/mol. The zero-order chi connectivity index (χ0) is 10.8.